The number of benzene rings is 9. The Balaban J connectivity index is 1.24. The van der Waals surface area contributed by atoms with E-state index < -0.39 is 8.07 Å². The van der Waals surface area contributed by atoms with Gasteiger partial charge in [0.2, 0.25) is 8.07 Å². The van der Waals surface area contributed by atoms with Gasteiger partial charge < -0.3 is 8.98 Å². The third-order valence-corrected chi connectivity index (χ3v) is 15.8. The predicted octanol–water partition coefficient (Wildman–Crippen LogP) is 12.2. The quantitative estimate of drug-likeness (QED) is 0.0576. The van der Waals surface area contributed by atoms with Crippen molar-refractivity contribution in [2.24, 2.45) is 0 Å². The minimum absolute atomic E-state index is 0.565. The van der Waals surface area contributed by atoms with Crippen molar-refractivity contribution in [3.8, 4) is 17.2 Å². The molecule has 0 aliphatic carbocycles. The van der Waals surface area contributed by atoms with E-state index in [0.717, 1.165) is 76.5 Å². The normalized spacial score (nSPS) is 11.6. The monoisotopic (exact) mass is 765 g/mol. The summed E-state index contributed by atoms with van der Waals surface area (Å²) in [5.74, 6) is 3.94. The van der Waals surface area contributed by atoms with E-state index in [2.05, 4.69) is 165 Å². The van der Waals surface area contributed by atoms with E-state index in [9.17, 15) is 0 Å². The summed E-state index contributed by atoms with van der Waals surface area (Å²) >= 11 is 0. The molecule has 59 heavy (non-hydrogen) atoms. The first-order valence-corrected chi connectivity index (χ1v) is 21.5. The van der Waals surface area contributed by atoms with Gasteiger partial charge in [-0.25, -0.2) is 9.69 Å². The van der Waals surface area contributed by atoms with E-state index in [1.165, 1.54) is 15.6 Å². The topological polar surface area (TPSA) is 26.8 Å². The molecule has 0 fully saturated rings. The summed E-state index contributed by atoms with van der Waals surface area (Å²) in [5.41, 5.74) is 11.0. The second-order valence-electron chi connectivity index (χ2n) is 14.8. The molecule has 5 heteroatoms. The maximum atomic E-state index is 7.78. The first-order chi connectivity index (χ1) is 29.2. The van der Waals surface area contributed by atoms with Crippen molar-refractivity contribution < 1.29 is 4.42 Å². The van der Waals surface area contributed by atoms with Crippen molar-refractivity contribution >= 4 is 100 Å². The highest BCUT2D eigenvalue weighted by Gasteiger charge is 2.39. The van der Waals surface area contributed by atoms with Gasteiger partial charge in [-0.3, -0.25) is 0 Å². The Kier molecular flexibility index (Phi) is 7.82. The zero-order chi connectivity index (χ0) is 39.5. The number of nitrogens with zero attached hydrogens (tertiary/aromatic N) is 3. The molecular formula is C54H31N3OSi. The molecule has 0 aliphatic heterocycles. The molecule has 272 valence electrons. The van der Waals surface area contributed by atoms with Crippen LogP contribution in [0.3, 0.4) is 0 Å². The number of hydrogen-bond donors (Lipinski definition) is 0. The second kappa shape index (κ2) is 13.5. The highest BCUT2D eigenvalue weighted by Crippen LogP contribution is 2.42. The van der Waals surface area contributed by atoms with Gasteiger partial charge >= 0.3 is 0 Å². The van der Waals surface area contributed by atoms with E-state index in [1.54, 1.807) is 0 Å². The highest BCUT2D eigenvalue weighted by atomic mass is 28.3. The van der Waals surface area contributed by atoms with Gasteiger partial charge in [0.15, 0.2) is 11.4 Å². The van der Waals surface area contributed by atoms with Crippen LogP contribution in [0.2, 0.25) is 0 Å². The summed E-state index contributed by atoms with van der Waals surface area (Å²) in [4.78, 5) is 7.52. The maximum absolute atomic E-state index is 7.78. The summed E-state index contributed by atoms with van der Waals surface area (Å²) in [6, 6.07) is 65.4. The summed E-state index contributed by atoms with van der Waals surface area (Å²) in [6.45, 7) is 15.6. The fourth-order valence-electron chi connectivity index (χ4n) is 9.07. The van der Waals surface area contributed by atoms with Crippen LogP contribution in [0.15, 0.2) is 192 Å². The highest BCUT2D eigenvalue weighted by molar-refractivity contribution is 7.17. The van der Waals surface area contributed by atoms with Crippen LogP contribution in [0.25, 0.3) is 80.7 Å². The van der Waals surface area contributed by atoms with Crippen LogP contribution in [0.4, 0.5) is 11.4 Å². The van der Waals surface area contributed by atoms with Gasteiger partial charge in [-0.1, -0.05) is 152 Å². The number of aromatic nitrogens is 1. The summed E-state index contributed by atoms with van der Waals surface area (Å²) in [5, 5.41) is 11.9. The standard InChI is InChI=1S/C54H31N3OSi/c1-55-36-25-28-50-47(33-36)48-34-37(56-2)26-29-51(48)57(50)54-45-22-11-9-19-41(45)43(42-20-10-12-23-46(42)54)31-32-59(38-15-5-3-6-16-38,39-17-7-4-8-18-39)40-27-30-53-49(35-40)44-21-13-14-24-52(44)58-53/h3-30,33-35H. The van der Waals surface area contributed by atoms with Gasteiger partial charge in [0, 0.05) is 37.9 Å². The Labute approximate surface area is 341 Å². The zero-order valence-corrected chi connectivity index (χ0v) is 32.6. The van der Waals surface area contributed by atoms with Gasteiger partial charge in [0.05, 0.1) is 29.9 Å². The van der Waals surface area contributed by atoms with Crippen molar-refractivity contribution in [2.75, 3.05) is 0 Å². The SMILES string of the molecule is [C-]#[N+]c1ccc2c(c1)c1cc([N+]#[C-])ccc1n2-c1c2ccccc2c(C#C[Si](c2ccccc2)(c2ccccc2)c2ccc3oc4ccccc4c3c2)c2ccccc12. The Hall–Kier alpha value is -8.14. The molecular weight excluding hydrogens is 735 g/mol. The molecule has 9 aromatic carbocycles. The number of hydrogen-bond acceptors (Lipinski definition) is 1. The van der Waals surface area contributed by atoms with Crippen LogP contribution in [0.1, 0.15) is 5.56 Å². The van der Waals surface area contributed by atoms with E-state index in [-0.39, 0.29) is 0 Å². The molecule has 0 atom stereocenters. The minimum atomic E-state index is -3.07. The molecule has 0 radical (unpaired) electrons. The average Bonchev–Trinajstić information content (AvgIpc) is 3.84. The molecule has 0 amide bonds. The van der Waals surface area contributed by atoms with Gasteiger partial charge in [-0.15, -0.1) is 5.54 Å². The number of furan rings is 1. The lowest BCUT2D eigenvalue weighted by Gasteiger charge is -2.28. The average molecular weight is 766 g/mol. The predicted molar refractivity (Wildman–Crippen MR) is 246 cm³/mol. The van der Waals surface area contributed by atoms with Gasteiger partial charge in [-0.2, -0.15) is 0 Å². The summed E-state index contributed by atoms with van der Waals surface area (Å²) in [6.07, 6.45) is 0. The Morgan fingerprint density at radius 3 is 1.47 bits per heavy atom. The molecule has 2 aromatic heterocycles. The fraction of sp³-hybridized carbons (Fsp3) is 0. The molecule has 0 saturated heterocycles. The van der Waals surface area contributed by atoms with Crippen LogP contribution in [0, 0.1) is 24.6 Å². The van der Waals surface area contributed by atoms with Crippen LogP contribution in [0.5, 0.6) is 0 Å². The smallest absolute Gasteiger partial charge is 0.230 e. The fourth-order valence-corrected chi connectivity index (χ4v) is 12.9. The summed E-state index contributed by atoms with van der Waals surface area (Å²) in [7, 11) is -3.07. The molecule has 0 N–H and O–H groups in total. The first kappa shape index (κ1) is 34.1. The van der Waals surface area contributed by atoms with Crippen molar-refractivity contribution in [1.29, 1.82) is 0 Å². The summed E-state index contributed by atoms with van der Waals surface area (Å²) < 4.78 is 8.64. The number of rotatable bonds is 4. The molecule has 0 unspecified atom stereocenters. The van der Waals surface area contributed by atoms with E-state index in [4.69, 9.17) is 17.6 Å². The zero-order valence-electron chi connectivity index (χ0n) is 31.6. The van der Waals surface area contributed by atoms with Crippen LogP contribution in [-0.2, 0) is 0 Å². The largest absolute Gasteiger partial charge is 0.456 e. The molecule has 11 rings (SSSR count). The minimum Gasteiger partial charge on any atom is -0.456 e. The van der Waals surface area contributed by atoms with E-state index in [0.29, 0.717) is 11.4 Å². The van der Waals surface area contributed by atoms with Crippen molar-refractivity contribution in [3.05, 3.63) is 216 Å². The number of para-hydroxylation sites is 1. The van der Waals surface area contributed by atoms with E-state index >= 15 is 0 Å². The van der Waals surface area contributed by atoms with Crippen molar-refractivity contribution in [2.45, 2.75) is 0 Å². The molecule has 11 aromatic rings. The second-order valence-corrected chi connectivity index (χ2v) is 18.3. The Bertz CT molecular complexity index is 3480. The third kappa shape index (κ3) is 5.22. The maximum Gasteiger partial charge on any atom is 0.230 e. The van der Waals surface area contributed by atoms with Crippen molar-refractivity contribution in [3.63, 3.8) is 0 Å². The lowest BCUT2D eigenvalue weighted by Crippen LogP contribution is -2.66. The lowest BCUT2D eigenvalue weighted by atomic mass is 9.95. The molecule has 2 heterocycles. The Morgan fingerprint density at radius 1 is 0.424 bits per heavy atom. The molecule has 0 bridgehead atoms. The molecule has 4 nitrogen and oxygen atoms in total. The third-order valence-electron chi connectivity index (χ3n) is 11.7. The number of fused-ring (bicyclic) bond motifs is 8. The van der Waals surface area contributed by atoms with Gasteiger partial charge in [-0.05, 0) is 68.8 Å². The molecule has 0 spiro atoms. The van der Waals surface area contributed by atoms with Crippen LogP contribution >= 0.6 is 0 Å². The van der Waals surface area contributed by atoms with Gasteiger partial charge in [0.25, 0.3) is 0 Å². The van der Waals surface area contributed by atoms with Crippen LogP contribution in [-0.4, -0.2) is 12.6 Å². The van der Waals surface area contributed by atoms with E-state index in [1.807, 2.05) is 48.5 Å². The van der Waals surface area contributed by atoms with Crippen molar-refractivity contribution in [1.82, 2.24) is 4.57 Å². The molecule has 0 aliphatic rings. The van der Waals surface area contributed by atoms with Gasteiger partial charge in [0.1, 0.15) is 11.2 Å². The van der Waals surface area contributed by atoms with Crippen LogP contribution < -0.4 is 15.6 Å². The molecule has 0 saturated carbocycles. The lowest BCUT2D eigenvalue weighted by molar-refractivity contribution is 0.669. The first-order valence-electron chi connectivity index (χ1n) is 19.5. The Morgan fingerprint density at radius 2 is 0.915 bits per heavy atom.